The summed E-state index contributed by atoms with van der Waals surface area (Å²) in [6, 6.07) is 13.3. The van der Waals surface area contributed by atoms with Crippen LogP contribution in [0.15, 0.2) is 42.5 Å². The molecular formula is C22H28ClN3O3. The normalized spacial score (nSPS) is 18.3. The molecule has 2 aliphatic heterocycles. The molecule has 0 aromatic heterocycles. The molecule has 29 heavy (non-hydrogen) atoms. The van der Waals surface area contributed by atoms with Gasteiger partial charge in [0.2, 0.25) is 5.91 Å². The lowest BCUT2D eigenvalue weighted by molar-refractivity contribution is -0.132. The van der Waals surface area contributed by atoms with Crippen molar-refractivity contribution >= 4 is 29.7 Å². The molecule has 0 aliphatic carbocycles. The Kier molecular flexibility index (Phi) is 6.42. The minimum atomic E-state index is -0.261. The molecule has 6 nitrogen and oxygen atoms in total. The van der Waals surface area contributed by atoms with Crippen LogP contribution in [0.5, 0.6) is 11.5 Å². The maximum absolute atomic E-state index is 13.1. The molecule has 0 saturated carbocycles. The first kappa shape index (κ1) is 21.1. The number of nitrogens with zero attached hydrogens (tertiary/aromatic N) is 2. The van der Waals surface area contributed by atoms with E-state index in [-0.39, 0.29) is 30.5 Å². The molecule has 2 aliphatic rings. The van der Waals surface area contributed by atoms with Crippen LogP contribution in [0.25, 0.3) is 0 Å². The first-order valence-corrected chi connectivity index (χ1v) is 9.82. The van der Waals surface area contributed by atoms with Crippen LogP contribution in [0, 0.1) is 0 Å². The predicted molar refractivity (Wildman–Crippen MR) is 117 cm³/mol. The number of para-hydroxylation sites is 2. The topological polar surface area (TPSA) is 68.0 Å². The van der Waals surface area contributed by atoms with Crippen LogP contribution in [0.2, 0.25) is 0 Å². The van der Waals surface area contributed by atoms with Crippen molar-refractivity contribution in [1.29, 1.82) is 0 Å². The molecule has 0 spiro atoms. The van der Waals surface area contributed by atoms with Crippen molar-refractivity contribution in [2.45, 2.75) is 31.9 Å². The van der Waals surface area contributed by atoms with E-state index in [2.05, 4.69) is 11.0 Å². The van der Waals surface area contributed by atoms with Gasteiger partial charge in [0.25, 0.3) is 0 Å². The molecule has 2 aromatic carbocycles. The number of nitrogens with two attached hydrogens (primary N) is 1. The van der Waals surface area contributed by atoms with Crippen molar-refractivity contribution in [3.05, 3.63) is 48.0 Å². The number of carbonyl (C=O) groups is 1. The number of likely N-dealkylation sites (N-methyl/N-ethyl adjacent to an activating group) is 1. The van der Waals surface area contributed by atoms with Gasteiger partial charge in [0, 0.05) is 25.0 Å². The van der Waals surface area contributed by atoms with Gasteiger partial charge in [-0.1, -0.05) is 18.2 Å². The maximum atomic E-state index is 13.1. The highest BCUT2D eigenvalue weighted by Crippen LogP contribution is 2.33. The number of anilines is 2. The lowest BCUT2D eigenvalue weighted by atomic mass is 9.98. The Morgan fingerprint density at radius 3 is 2.79 bits per heavy atom. The molecule has 0 saturated heterocycles. The number of ether oxygens (including phenoxy) is 2. The number of benzene rings is 2. The van der Waals surface area contributed by atoms with E-state index in [1.54, 1.807) is 4.90 Å². The largest absolute Gasteiger partial charge is 0.486 e. The Hall–Kier alpha value is -2.60. The van der Waals surface area contributed by atoms with Gasteiger partial charge in [0.05, 0.1) is 6.54 Å². The number of fused-ring (bicyclic) bond motifs is 2. The summed E-state index contributed by atoms with van der Waals surface area (Å²) in [6.45, 7) is 3.74. The fourth-order valence-corrected chi connectivity index (χ4v) is 4.08. The van der Waals surface area contributed by atoms with Crippen LogP contribution in [0.3, 0.4) is 0 Å². The van der Waals surface area contributed by atoms with Gasteiger partial charge in [-0.05, 0) is 49.6 Å². The van der Waals surface area contributed by atoms with E-state index in [4.69, 9.17) is 15.2 Å². The summed E-state index contributed by atoms with van der Waals surface area (Å²) in [4.78, 5) is 17.0. The van der Waals surface area contributed by atoms with Crippen LogP contribution in [0.4, 0.5) is 11.4 Å². The van der Waals surface area contributed by atoms with Gasteiger partial charge in [-0.15, -0.1) is 12.4 Å². The second kappa shape index (κ2) is 8.82. The van der Waals surface area contributed by atoms with Gasteiger partial charge >= 0.3 is 0 Å². The van der Waals surface area contributed by atoms with Crippen molar-refractivity contribution in [2.75, 3.05) is 37.4 Å². The minimum Gasteiger partial charge on any atom is -0.486 e. The number of hydrogen-bond acceptors (Lipinski definition) is 5. The summed E-state index contributed by atoms with van der Waals surface area (Å²) in [5, 5.41) is 0. The Balaban J connectivity index is 0.00000240. The molecule has 0 bridgehead atoms. The lowest BCUT2D eigenvalue weighted by Gasteiger charge is -2.38. The molecule has 4 rings (SSSR count). The lowest BCUT2D eigenvalue weighted by Crippen LogP contribution is -2.50. The number of amides is 1. The number of hydrogen-bond donors (Lipinski definition) is 1. The molecular weight excluding hydrogens is 390 g/mol. The number of nitrogen functional groups attached to an aromatic ring is 1. The van der Waals surface area contributed by atoms with Gasteiger partial charge < -0.3 is 25.0 Å². The van der Waals surface area contributed by atoms with Gasteiger partial charge in [0.1, 0.15) is 12.6 Å². The van der Waals surface area contributed by atoms with Crippen LogP contribution in [-0.2, 0) is 11.2 Å². The van der Waals surface area contributed by atoms with E-state index < -0.39 is 0 Å². The average molecular weight is 418 g/mol. The Bertz CT molecular complexity index is 876. The van der Waals surface area contributed by atoms with Crippen molar-refractivity contribution in [3.63, 3.8) is 0 Å². The zero-order valence-electron chi connectivity index (χ0n) is 16.8. The number of halogens is 1. The first-order valence-electron chi connectivity index (χ1n) is 9.82. The minimum absolute atomic E-state index is 0. The molecule has 2 heterocycles. The monoisotopic (exact) mass is 417 g/mol. The molecule has 0 fully saturated rings. The first-order chi connectivity index (χ1) is 13.5. The molecule has 7 heteroatoms. The summed E-state index contributed by atoms with van der Waals surface area (Å²) in [6.07, 6.45) is 1.78. The van der Waals surface area contributed by atoms with E-state index in [0.717, 1.165) is 47.8 Å². The van der Waals surface area contributed by atoms with Crippen LogP contribution >= 0.6 is 12.4 Å². The molecule has 2 unspecified atom stereocenters. The highest BCUT2D eigenvalue weighted by Gasteiger charge is 2.30. The van der Waals surface area contributed by atoms with Crippen molar-refractivity contribution in [1.82, 2.24) is 4.90 Å². The van der Waals surface area contributed by atoms with Crippen molar-refractivity contribution in [3.8, 4) is 11.5 Å². The average Bonchev–Trinajstić information content (AvgIpc) is 2.72. The Morgan fingerprint density at radius 1 is 1.24 bits per heavy atom. The van der Waals surface area contributed by atoms with Gasteiger partial charge in [0.15, 0.2) is 17.6 Å². The summed E-state index contributed by atoms with van der Waals surface area (Å²) >= 11 is 0. The SMILES string of the molecule is CC(C(=O)N(C)CC1COc2ccccc2O1)N1CCCc2c(N)cccc21.Cl. The Labute approximate surface area is 178 Å². The standard InChI is InChI=1S/C22H27N3O3.ClH/c1-15(25-12-6-7-17-18(23)8-5-9-19(17)25)22(26)24(2)13-16-14-27-20-10-3-4-11-21(20)28-16;/h3-5,8-11,15-16H,6-7,12-14,23H2,1-2H3;1H. The third kappa shape index (κ3) is 4.22. The van der Waals surface area contributed by atoms with Crippen LogP contribution in [-0.4, -0.2) is 49.7 Å². The molecule has 0 radical (unpaired) electrons. The summed E-state index contributed by atoms with van der Waals surface area (Å²) in [5.41, 5.74) is 9.18. The second-order valence-corrected chi connectivity index (χ2v) is 7.53. The van der Waals surface area contributed by atoms with Gasteiger partial charge in [-0.3, -0.25) is 4.79 Å². The predicted octanol–water partition coefficient (Wildman–Crippen LogP) is 3.13. The molecule has 1 amide bonds. The van der Waals surface area contributed by atoms with E-state index in [9.17, 15) is 4.79 Å². The molecule has 156 valence electrons. The summed E-state index contributed by atoms with van der Waals surface area (Å²) < 4.78 is 11.8. The van der Waals surface area contributed by atoms with Crippen molar-refractivity contribution in [2.24, 2.45) is 0 Å². The van der Waals surface area contributed by atoms with E-state index in [0.29, 0.717) is 13.2 Å². The fourth-order valence-electron chi connectivity index (χ4n) is 4.08. The fraction of sp³-hybridized carbons (Fsp3) is 0.409. The quantitative estimate of drug-likeness (QED) is 0.774. The third-order valence-electron chi connectivity index (χ3n) is 5.57. The number of carbonyl (C=O) groups excluding carboxylic acids is 1. The Morgan fingerprint density at radius 2 is 2.00 bits per heavy atom. The summed E-state index contributed by atoms with van der Waals surface area (Å²) in [7, 11) is 1.83. The molecule has 2 aromatic rings. The number of rotatable bonds is 4. The second-order valence-electron chi connectivity index (χ2n) is 7.53. The smallest absolute Gasteiger partial charge is 0.244 e. The third-order valence-corrected chi connectivity index (χ3v) is 5.57. The highest BCUT2D eigenvalue weighted by molar-refractivity contribution is 5.86. The van der Waals surface area contributed by atoms with Gasteiger partial charge in [-0.2, -0.15) is 0 Å². The van der Waals surface area contributed by atoms with E-state index in [1.165, 1.54) is 0 Å². The van der Waals surface area contributed by atoms with E-state index in [1.807, 2.05) is 50.4 Å². The zero-order chi connectivity index (χ0) is 19.7. The van der Waals surface area contributed by atoms with Crippen LogP contribution < -0.4 is 20.1 Å². The molecule has 2 N–H and O–H groups in total. The summed E-state index contributed by atoms with van der Waals surface area (Å²) in [5.74, 6) is 1.55. The molecule has 2 atom stereocenters. The van der Waals surface area contributed by atoms with E-state index >= 15 is 0 Å². The van der Waals surface area contributed by atoms with Crippen molar-refractivity contribution < 1.29 is 14.3 Å². The maximum Gasteiger partial charge on any atom is 0.244 e. The highest BCUT2D eigenvalue weighted by atomic mass is 35.5. The van der Waals surface area contributed by atoms with Gasteiger partial charge in [-0.25, -0.2) is 0 Å². The van der Waals surface area contributed by atoms with Crippen LogP contribution in [0.1, 0.15) is 18.9 Å². The zero-order valence-corrected chi connectivity index (χ0v) is 17.7.